The van der Waals surface area contributed by atoms with Crippen LogP contribution < -0.4 is 20.9 Å². The van der Waals surface area contributed by atoms with Gasteiger partial charge in [-0.05, 0) is 38.8 Å². The SMILES string of the molecule is CCCC[C@H](C(=O)NN)N1c2c(OC)cccc2C(C)=CC1(C)C. The van der Waals surface area contributed by atoms with Crippen LogP contribution >= 0.6 is 0 Å². The molecule has 0 saturated heterocycles. The van der Waals surface area contributed by atoms with Crippen molar-refractivity contribution in [3.63, 3.8) is 0 Å². The summed E-state index contributed by atoms with van der Waals surface area (Å²) < 4.78 is 5.62. The first-order valence-electron chi connectivity index (χ1n) is 8.54. The molecule has 0 aromatic heterocycles. The number of hydrogen-bond donors (Lipinski definition) is 2. The molecular weight excluding hydrogens is 302 g/mol. The Kier molecular flexibility index (Phi) is 5.54. The zero-order chi connectivity index (χ0) is 17.9. The molecule has 0 bridgehead atoms. The lowest BCUT2D eigenvalue weighted by Crippen LogP contribution is -2.57. The van der Waals surface area contributed by atoms with E-state index in [4.69, 9.17) is 10.6 Å². The van der Waals surface area contributed by atoms with E-state index >= 15 is 0 Å². The number of allylic oxidation sites excluding steroid dienone is 1. The zero-order valence-corrected chi connectivity index (χ0v) is 15.3. The molecule has 1 heterocycles. The highest BCUT2D eigenvalue weighted by atomic mass is 16.5. The van der Waals surface area contributed by atoms with Gasteiger partial charge in [-0.1, -0.05) is 38.0 Å². The van der Waals surface area contributed by atoms with Crippen LogP contribution in [0.5, 0.6) is 5.75 Å². The Hall–Kier alpha value is -2.01. The number of carbonyl (C=O) groups excluding carboxylic acids is 1. The molecule has 1 amide bonds. The lowest BCUT2D eigenvalue weighted by Gasteiger charge is -2.47. The minimum atomic E-state index is -0.343. The molecule has 1 aliphatic heterocycles. The molecule has 0 radical (unpaired) electrons. The topological polar surface area (TPSA) is 67.6 Å². The maximum absolute atomic E-state index is 12.6. The van der Waals surface area contributed by atoms with E-state index in [9.17, 15) is 4.79 Å². The van der Waals surface area contributed by atoms with Gasteiger partial charge in [0.15, 0.2) is 0 Å². The summed E-state index contributed by atoms with van der Waals surface area (Å²) in [5.41, 5.74) is 5.28. The summed E-state index contributed by atoms with van der Waals surface area (Å²) >= 11 is 0. The molecule has 0 unspecified atom stereocenters. The smallest absolute Gasteiger partial charge is 0.256 e. The number of para-hydroxylation sites is 1. The zero-order valence-electron chi connectivity index (χ0n) is 15.3. The van der Waals surface area contributed by atoms with Crippen LogP contribution in [0.2, 0.25) is 0 Å². The van der Waals surface area contributed by atoms with Crippen LogP contribution in [0.3, 0.4) is 0 Å². The minimum Gasteiger partial charge on any atom is -0.495 e. The van der Waals surface area contributed by atoms with Crippen molar-refractivity contribution in [2.45, 2.75) is 58.5 Å². The molecule has 0 fully saturated rings. The molecular formula is C19H29N3O2. The highest BCUT2D eigenvalue weighted by molar-refractivity contribution is 5.91. The number of nitrogens with one attached hydrogen (secondary N) is 1. The Labute approximate surface area is 144 Å². The number of carbonyl (C=O) groups is 1. The van der Waals surface area contributed by atoms with Gasteiger partial charge in [0.05, 0.1) is 18.3 Å². The molecule has 24 heavy (non-hydrogen) atoms. The first-order valence-corrected chi connectivity index (χ1v) is 8.54. The maximum atomic E-state index is 12.6. The molecule has 5 nitrogen and oxygen atoms in total. The van der Waals surface area contributed by atoms with E-state index in [1.165, 1.54) is 5.57 Å². The Morgan fingerprint density at radius 2 is 2.12 bits per heavy atom. The van der Waals surface area contributed by atoms with Crippen LogP contribution in [-0.4, -0.2) is 24.6 Å². The van der Waals surface area contributed by atoms with Gasteiger partial charge in [-0.15, -0.1) is 0 Å². The number of anilines is 1. The quantitative estimate of drug-likeness (QED) is 0.477. The van der Waals surface area contributed by atoms with Crippen LogP contribution in [0.15, 0.2) is 24.3 Å². The number of amides is 1. The third-order valence-electron chi connectivity index (χ3n) is 4.66. The number of rotatable bonds is 6. The lowest BCUT2D eigenvalue weighted by molar-refractivity contribution is -0.122. The summed E-state index contributed by atoms with van der Waals surface area (Å²) in [6.07, 6.45) is 4.93. The molecule has 2 rings (SSSR count). The van der Waals surface area contributed by atoms with E-state index in [-0.39, 0.29) is 17.5 Å². The Morgan fingerprint density at radius 3 is 2.71 bits per heavy atom. The summed E-state index contributed by atoms with van der Waals surface area (Å²) in [4.78, 5) is 14.7. The van der Waals surface area contributed by atoms with Gasteiger partial charge in [-0.2, -0.15) is 0 Å². The number of benzene rings is 1. The highest BCUT2D eigenvalue weighted by Crippen LogP contribution is 2.45. The van der Waals surface area contributed by atoms with Crippen molar-refractivity contribution in [3.05, 3.63) is 29.8 Å². The number of nitrogens with zero attached hydrogens (tertiary/aromatic N) is 1. The maximum Gasteiger partial charge on any atom is 0.256 e. The van der Waals surface area contributed by atoms with Gasteiger partial charge in [-0.3, -0.25) is 10.2 Å². The Balaban J connectivity index is 2.64. The first-order chi connectivity index (χ1) is 11.4. The van der Waals surface area contributed by atoms with Crippen LogP contribution in [0.25, 0.3) is 5.57 Å². The van der Waals surface area contributed by atoms with Crippen molar-refractivity contribution in [1.82, 2.24) is 5.43 Å². The molecule has 1 aromatic carbocycles. The predicted molar refractivity (Wildman–Crippen MR) is 98.8 cm³/mol. The van der Waals surface area contributed by atoms with E-state index < -0.39 is 0 Å². The van der Waals surface area contributed by atoms with Crippen molar-refractivity contribution >= 4 is 17.2 Å². The number of nitrogens with two attached hydrogens (primary N) is 1. The highest BCUT2D eigenvalue weighted by Gasteiger charge is 2.40. The minimum absolute atomic E-state index is 0.165. The van der Waals surface area contributed by atoms with E-state index in [0.717, 1.165) is 36.3 Å². The average molecular weight is 331 g/mol. The number of hydrogen-bond acceptors (Lipinski definition) is 4. The molecule has 132 valence electrons. The summed E-state index contributed by atoms with van der Waals surface area (Å²) in [6, 6.07) is 5.65. The van der Waals surface area contributed by atoms with E-state index in [1.54, 1.807) is 7.11 Å². The molecule has 0 saturated carbocycles. The fourth-order valence-corrected chi connectivity index (χ4v) is 3.65. The van der Waals surface area contributed by atoms with Crippen molar-refractivity contribution in [2.24, 2.45) is 5.84 Å². The summed E-state index contributed by atoms with van der Waals surface area (Å²) in [6.45, 7) is 8.46. The van der Waals surface area contributed by atoms with Gasteiger partial charge in [-0.25, -0.2) is 5.84 Å². The summed E-state index contributed by atoms with van der Waals surface area (Å²) in [5.74, 6) is 6.10. The molecule has 0 aliphatic carbocycles. The molecule has 5 heteroatoms. The van der Waals surface area contributed by atoms with Crippen LogP contribution in [-0.2, 0) is 4.79 Å². The van der Waals surface area contributed by atoms with Crippen molar-refractivity contribution < 1.29 is 9.53 Å². The van der Waals surface area contributed by atoms with Gasteiger partial charge >= 0.3 is 0 Å². The van der Waals surface area contributed by atoms with Crippen LogP contribution in [0.4, 0.5) is 5.69 Å². The largest absolute Gasteiger partial charge is 0.495 e. The van der Waals surface area contributed by atoms with Gasteiger partial charge in [0.25, 0.3) is 5.91 Å². The van der Waals surface area contributed by atoms with Gasteiger partial charge in [0.2, 0.25) is 0 Å². The van der Waals surface area contributed by atoms with Crippen molar-refractivity contribution in [2.75, 3.05) is 12.0 Å². The first kappa shape index (κ1) is 18.3. The Morgan fingerprint density at radius 1 is 1.42 bits per heavy atom. The number of methoxy groups -OCH3 is 1. The second kappa shape index (κ2) is 7.26. The third kappa shape index (κ3) is 3.26. The monoisotopic (exact) mass is 331 g/mol. The summed E-state index contributed by atoms with van der Waals surface area (Å²) in [5, 5.41) is 0. The third-order valence-corrected chi connectivity index (χ3v) is 4.66. The van der Waals surface area contributed by atoms with E-state index in [0.29, 0.717) is 0 Å². The van der Waals surface area contributed by atoms with Crippen LogP contribution in [0.1, 0.15) is 52.5 Å². The normalized spacial score (nSPS) is 16.9. The second-order valence-corrected chi connectivity index (χ2v) is 6.87. The molecule has 1 aromatic rings. The fourth-order valence-electron chi connectivity index (χ4n) is 3.65. The van der Waals surface area contributed by atoms with Gasteiger partial charge in [0, 0.05) is 5.56 Å². The Bertz CT molecular complexity index is 637. The van der Waals surface area contributed by atoms with Gasteiger partial charge < -0.3 is 9.64 Å². The predicted octanol–water partition coefficient (Wildman–Crippen LogP) is 3.25. The number of unbranched alkanes of at least 4 members (excludes halogenated alkanes) is 1. The van der Waals surface area contributed by atoms with Crippen LogP contribution in [0, 0.1) is 0 Å². The second-order valence-electron chi connectivity index (χ2n) is 6.87. The number of ether oxygens (including phenoxy) is 1. The molecule has 1 atom stereocenters. The molecule has 3 N–H and O–H groups in total. The molecule has 1 aliphatic rings. The van der Waals surface area contributed by atoms with Crippen molar-refractivity contribution in [1.29, 1.82) is 0 Å². The average Bonchev–Trinajstić information content (AvgIpc) is 2.55. The summed E-state index contributed by atoms with van der Waals surface area (Å²) in [7, 11) is 1.67. The standard InChI is InChI=1S/C19H29N3O2/c1-6-7-10-15(18(23)21-20)22-17-14(9-8-11-16(17)24-5)13(2)12-19(22,3)4/h8-9,11-12,15H,6-7,10,20H2,1-5H3,(H,21,23)/t15-/m1/s1. The number of fused-ring (bicyclic) bond motifs is 1. The molecule has 0 spiro atoms. The van der Waals surface area contributed by atoms with E-state index in [1.807, 2.05) is 12.1 Å². The number of hydrazine groups is 1. The van der Waals surface area contributed by atoms with Gasteiger partial charge in [0.1, 0.15) is 11.8 Å². The lowest BCUT2D eigenvalue weighted by atomic mass is 9.86. The fraction of sp³-hybridized carbons (Fsp3) is 0.526. The van der Waals surface area contributed by atoms with E-state index in [2.05, 4.69) is 50.2 Å². The van der Waals surface area contributed by atoms with Crippen molar-refractivity contribution in [3.8, 4) is 5.75 Å².